The Labute approximate surface area is 118 Å². The van der Waals surface area contributed by atoms with Crippen molar-refractivity contribution in [2.24, 2.45) is 5.92 Å². The van der Waals surface area contributed by atoms with Crippen LogP contribution in [-0.4, -0.2) is 62.3 Å². The van der Waals surface area contributed by atoms with Gasteiger partial charge in [-0.1, -0.05) is 0 Å². The quantitative estimate of drug-likeness (QED) is 0.760. The molecule has 0 aromatic heterocycles. The first-order chi connectivity index (χ1) is 9.63. The van der Waals surface area contributed by atoms with Crippen LogP contribution in [0.1, 0.15) is 20.3 Å². The van der Waals surface area contributed by atoms with E-state index in [1.165, 1.54) is 4.90 Å². The van der Waals surface area contributed by atoms with Gasteiger partial charge in [-0.15, -0.1) is 0 Å². The predicted octanol–water partition coefficient (Wildman–Crippen LogP) is 0.771. The van der Waals surface area contributed by atoms with E-state index in [0.717, 1.165) is 0 Å². The molecule has 114 valence electrons. The number of ether oxygens (including phenoxy) is 4. The highest BCUT2D eigenvalue weighted by Crippen LogP contribution is 2.34. The molecule has 0 N–H and O–H groups in total. The second-order valence-corrected chi connectivity index (χ2v) is 4.65. The van der Waals surface area contributed by atoms with Crippen LogP contribution in [0.2, 0.25) is 0 Å². The molecule has 2 fully saturated rings. The van der Waals surface area contributed by atoms with Gasteiger partial charge in [-0.3, -0.25) is 4.79 Å². The number of ketones is 1. The largest absolute Gasteiger partial charge is 0.450 e. The fourth-order valence-corrected chi connectivity index (χ4v) is 2.52. The van der Waals surface area contributed by atoms with E-state index in [1.54, 1.807) is 6.92 Å². The summed E-state index contributed by atoms with van der Waals surface area (Å²) in [6.07, 6.45) is -0.167. The first-order valence-corrected chi connectivity index (χ1v) is 6.99. The molecular formula is C13H21NO6. The van der Waals surface area contributed by atoms with Crippen LogP contribution >= 0.6 is 0 Å². The van der Waals surface area contributed by atoms with E-state index in [1.807, 2.05) is 6.92 Å². The Morgan fingerprint density at radius 2 is 2.05 bits per heavy atom. The highest BCUT2D eigenvalue weighted by atomic mass is 16.9. The predicted molar refractivity (Wildman–Crippen MR) is 68.0 cm³/mol. The van der Waals surface area contributed by atoms with Crippen LogP contribution in [0.3, 0.4) is 0 Å². The van der Waals surface area contributed by atoms with Crippen LogP contribution in [0, 0.1) is 5.92 Å². The van der Waals surface area contributed by atoms with Gasteiger partial charge in [-0.05, 0) is 13.8 Å². The van der Waals surface area contributed by atoms with Gasteiger partial charge in [0, 0.05) is 26.1 Å². The number of hydrogen-bond acceptors (Lipinski definition) is 6. The van der Waals surface area contributed by atoms with Crippen molar-refractivity contribution in [1.82, 2.24) is 4.90 Å². The molecule has 2 heterocycles. The van der Waals surface area contributed by atoms with Crippen molar-refractivity contribution in [1.29, 1.82) is 0 Å². The van der Waals surface area contributed by atoms with Crippen LogP contribution in [0.15, 0.2) is 0 Å². The standard InChI is InChI=1S/C13H21NO6/c1-3-17-12(16)14-6-5-11(15)10(9-14)13(18-4-2)19-7-8-20-13/h10H,3-9H2,1-2H3. The number of carbonyl (C=O) groups is 2. The van der Waals surface area contributed by atoms with Crippen LogP contribution in [0.25, 0.3) is 0 Å². The Bertz CT molecular complexity index is 366. The number of likely N-dealkylation sites (tertiary alicyclic amines) is 1. The van der Waals surface area contributed by atoms with Crippen molar-refractivity contribution in [3.05, 3.63) is 0 Å². The van der Waals surface area contributed by atoms with Gasteiger partial charge in [0.15, 0.2) is 0 Å². The van der Waals surface area contributed by atoms with Crippen LogP contribution < -0.4 is 0 Å². The molecule has 2 saturated heterocycles. The molecule has 1 amide bonds. The lowest BCUT2D eigenvalue weighted by molar-refractivity contribution is -0.352. The zero-order chi connectivity index (χ0) is 14.6. The summed E-state index contributed by atoms with van der Waals surface area (Å²) >= 11 is 0. The molecule has 0 aromatic carbocycles. The number of carbonyl (C=O) groups excluding carboxylic acids is 2. The second kappa shape index (κ2) is 6.51. The summed E-state index contributed by atoms with van der Waals surface area (Å²) < 4.78 is 21.6. The maximum atomic E-state index is 12.2. The Morgan fingerprint density at radius 1 is 1.35 bits per heavy atom. The third-order valence-corrected chi connectivity index (χ3v) is 3.41. The summed E-state index contributed by atoms with van der Waals surface area (Å²) in [6.45, 7) is 5.53. The second-order valence-electron chi connectivity index (χ2n) is 4.65. The van der Waals surface area contributed by atoms with Crippen LogP contribution in [-0.2, 0) is 23.7 Å². The summed E-state index contributed by atoms with van der Waals surface area (Å²) in [6, 6.07) is 0. The van der Waals surface area contributed by atoms with E-state index in [4.69, 9.17) is 18.9 Å². The van der Waals surface area contributed by atoms with Gasteiger partial charge in [0.1, 0.15) is 11.7 Å². The zero-order valence-electron chi connectivity index (χ0n) is 11.9. The third-order valence-electron chi connectivity index (χ3n) is 3.41. The van der Waals surface area contributed by atoms with Crippen molar-refractivity contribution < 1.29 is 28.5 Å². The summed E-state index contributed by atoms with van der Waals surface area (Å²) in [5.41, 5.74) is 0. The zero-order valence-corrected chi connectivity index (χ0v) is 11.9. The van der Waals surface area contributed by atoms with Crippen molar-refractivity contribution in [2.75, 3.05) is 39.5 Å². The van der Waals surface area contributed by atoms with Gasteiger partial charge in [-0.2, -0.15) is 0 Å². The monoisotopic (exact) mass is 287 g/mol. The number of Topliss-reactive ketones (excluding diaryl/α,β-unsaturated/α-hetero) is 1. The topological polar surface area (TPSA) is 74.3 Å². The lowest BCUT2D eigenvalue weighted by atomic mass is 9.94. The highest BCUT2D eigenvalue weighted by molar-refractivity contribution is 5.84. The van der Waals surface area contributed by atoms with Crippen LogP contribution in [0.5, 0.6) is 0 Å². The Hall–Kier alpha value is -1.18. The maximum Gasteiger partial charge on any atom is 0.409 e. The molecule has 2 aliphatic rings. The van der Waals surface area contributed by atoms with Gasteiger partial charge in [0.05, 0.1) is 19.8 Å². The van der Waals surface area contributed by atoms with E-state index >= 15 is 0 Å². The van der Waals surface area contributed by atoms with Crippen molar-refractivity contribution in [2.45, 2.75) is 26.2 Å². The van der Waals surface area contributed by atoms with Gasteiger partial charge in [0.2, 0.25) is 0 Å². The number of nitrogens with zero attached hydrogens (tertiary/aromatic N) is 1. The van der Waals surface area contributed by atoms with Crippen molar-refractivity contribution in [3.8, 4) is 0 Å². The normalized spacial score (nSPS) is 25.8. The van der Waals surface area contributed by atoms with Gasteiger partial charge < -0.3 is 23.8 Å². The highest BCUT2D eigenvalue weighted by Gasteiger charge is 2.52. The average Bonchev–Trinajstić information content (AvgIpc) is 2.89. The molecule has 0 aromatic rings. The molecule has 7 heteroatoms. The lowest BCUT2D eigenvalue weighted by Crippen LogP contribution is -2.55. The lowest BCUT2D eigenvalue weighted by Gasteiger charge is -2.39. The fraction of sp³-hybridized carbons (Fsp3) is 0.846. The first-order valence-electron chi connectivity index (χ1n) is 6.99. The van der Waals surface area contributed by atoms with Gasteiger partial charge in [-0.25, -0.2) is 4.79 Å². The number of piperidine rings is 1. The van der Waals surface area contributed by atoms with Crippen molar-refractivity contribution in [3.63, 3.8) is 0 Å². The van der Waals surface area contributed by atoms with Gasteiger partial charge in [0.25, 0.3) is 5.97 Å². The smallest absolute Gasteiger partial charge is 0.409 e. The van der Waals surface area contributed by atoms with E-state index in [2.05, 4.69) is 0 Å². The number of hydrogen-bond donors (Lipinski definition) is 0. The molecule has 0 radical (unpaired) electrons. The summed E-state index contributed by atoms with van der Waals surface area (Å²) in [4.78, 5) is 25.5. The molecule has 0 aliphatic carbocycles. The van der Waals surface area contributed by atoms with E-state index in [-0.39, 0.29) is 18.7 Å². The molecule has 0 saturated carbocycles. The number of amides is 1. The average molecular weight is 287 g/mol. The van der Waals surface area contributed by atoms with E-state index in [0.29, 0.717) is 33.0 Å². The molecular weight excluding hydrogens is 266 g/mol. The summed E-state index contributed by atoms with van der Waals surface area (Å²) in [5, 5.41) is 0. The van der Waals surface area contributed by atoms with E-state index < -0.39 is 18.0 Å². The Morgan fingerprint density at radius 3 is 2.65 bits per heavy atom. The Balaban J connectivity index is 2.11. The van der Waals surface area contributed by atoms with E-state index in [9.17, 15) is 9.59 Å². The summed E-state index contributed by atoms with van der Waals surface area (Å²) in [5.74, 6) is -2.00. The molecule has 1 atom stereocenters. The molecule has 7 nitrogen and oxygen atoms in total. The molecule has 2 aliphatic heterocycles. The minimum atomic E-state index is -1.35. The fourth-order valence-electron chi connectivity index (χ4n) is 2.52. The molecule has 0 bridgehead atoms. The van der Waals surface area contributed by atoms with Crippen molar-refractivity contribution >= 4 is 11.9 Å². The summed E-state index contributed by atoms with van der Waals surface area (Å²) in [7, 11) is 0. The third kappa shape index (κ3) is 2.94. The molecule has 1 unspecified atom stereocenters. The minimum absolute atomic E-state index is 0.0131. The maximum absolute atomic E-state index is 12.2. The molecule has 0 spiro atoms. The number of rotatable bonds is 4. The van der Waals surface area contributed by atoms with Gasteiger partial charge >= 0.3 is 6.09 Å². The molecule has 2 rings (SSSR count). The first kappa shape index (κ1) is 15.2. The minimum Gasteiger partial charge on any atom is -0.450 e. The van der Waals surface area contributed by atoms with Crippen LogP contribution in [0.4, 0.5) is 4.79 Å². The SMILES string of the molecule is CCOC(=O)N1CCC(=O)C(C2(OCC)OCCO2)C1. The Kier molecular flexibility index (Phi) is 4.95. The molecule has 20 heavy (non-hydrogen) atoms.